The van der Waals surface area contributed by atoms with Gasteiger partial charge in [-0.05, 0) is 99.2 Å². The number of aromatic nitrogens is 4. The fraction of sp³-hybridized carbons (Fsp3) is 0.385. The largest absolute Gasteiger partial charge is 0.465 e. The Bertz CT molecular complexity index is 2070. The SMILES string of the molecule is CC(C)(C)OC(=O)NC1(c2nc3ccc(-c4ccc(-c5ccc6c(c5)CCc5nc(C7CCCN7C(=O)O)[nH]c5-6)cc4)cc3[nH]2)CCCC1. The van der Waals surface area contributed by atoms with E-state index in [1.807, 2.05) is 26.8 Å². The molecule has 2 aliphatic carbocycles. The average Bonchev–Trinajstić information content (AvgIpc) is 3.89. The first kappa shape index (κ1) is 31.2. The van der Waals surface area contributed by atoms with Gasteiger partial charge in [-0.25, -0.2) is 19.6 Å². The van der Waals surface area contributed by atoms with E-state index >= 15 is 0 Å². The normalized spacial score (nSPS) is 18.3. The van der Waals surface area contributed by atoms with Crippen LogP contribution in [0.1, 0.15) is 88.2 Å². The van der Waals surface area contributed by atoms with Crippen LogP contribution in [0.3, 0.4) is 0 Å². The van der Waals surface area contributed by atoms with Crippen molar-refractivity contribution < 1.29 is 19.4 Å². The van der Waals surface area contributed by atoms with Gasteiger partial charge in [0, 0.05) is 12.1 Å². The molecule has 0 spiro atoms. The summed E-state index contributed by atoms with van der Waals surface area (Å²) in [5.74, 6) is 1.54. The van der Waals surface area contributed by atoms with Gasteiger partial charge in [-0.15, -0.1) is 0 Å². The Balaban J connectivity index is 1.01. The van der Waals surface area contributed by atoms with Crippen LogP contribution in [0.15, 0.2) is 60.7 Å². The Labute approximate surface area is 285 Å². The van der Waals surface area contributed by atoms with Crippen molar-refractivity contribution in [2.24, 2.45) is 0 Å². The number of rotatable bonds is 5. The van der Waals surface area contributed by atoms with Crippen LogP contribution >= 0.6 is 0 Å². The number of aromatic amines is 2. The maximum Gasteiger partial charge on any atom is 0.408 e. The zero-order valence-corrected chi connectivity index (χ0v) is 28.2. The number of carboxylic acid groups (broad SMARTS) is 1. The van der Waals surface area contributed by atoms with E-state index in [0.717, 1.165) is 113 Å². The van der Waals surface area contributed by atoms with Gasteiger partial charge in [0.25, 0.3) is 0 Å². The standard InChI is InChI=1S/C39H42N6O4/c1-38(2,3)49-36(46)44-39(18-4-5-19-39)35-41-29-16-13-26(22-31(29)42-35)24-10-8-23(9-11-24)25-12-15-28-27(21-25)14-17-30-33(28)43-34(40-30)32-7-6-20-45(32)37(47)48/h8-13,15-16,21-22,32H,4-7,14,17-20H2,1-3H3,(H,40,43)(H,41,42)(H,44,46)(H,47,48). The van der Waals surface area contributed by atoms with E-state index in [4.69, 9.17) is 14.7 Å². The van der Waals surface area contributed by atoms with E-state index in [2.05, 4.69) is 69.9 Å². The molecule has 10 heteroatoms. The van der Waals surface area contributed by atoms with Crippen LogP contribution in [0.4, 0.5) is 9.59 Å². The fourth-order valence-corrected chi connectivity index (χ4v) is 7.92. The zero-order valence-electron chi connectivity index (χ0n) is 28.2. The van der Waals surface area contributed by atoms with Crippen LogP contribution in [0.2, 0.25) is 0 Å². The molecule has 0 bridgehead atoms. The Kier molecular flexibility index (Phi) is 7.50. The maximum absolute atomic E-state index is 12.8. The molecule has 2 aromatic heterocycles. The number of alkyl carbamates (subject to hydrolysis) is 1. The molecule has 2 fully saturated rings. The van der Waals surface area contributed by atoms with Crippen molar-refractivity contribution in [3.8, 4) is 33.5 Å². The first-order chi connectivity index (χ1) is 23.5. The summed E-state index contributed by atoms with van der Waals surface area (Å²) >= 11 is 0. The summed E-state index contributed by atoms with van der Waals surface area (Å²) in [6, 6.07) is 21.3. The monoisotopic (exact) mass is 658 g/mol. The number of benzene rings is 3. The molecule has 3 heterocycles. The maximum atomic E-state index is 12.8. The lowest BCUT2D eigenvalue weighted by atomic mass is 9.89. The van der Waals surface area contributed by atoms with E-state index in [1.165, 1.54) is 10.5 Å². The number of H-pyrrole nitrogens is 2. The van der Waals surface area contributed by atoms with Gasteiger partial charge in [0.05, 0.1) is 28.5 Å². The highest BCUT2D eigenvalue weighted by atomic mass is 16.6. The second-order valence-electron chi connectivity index (χ2n) is 14.8. The molecule has 1 atom stereocenters. The van der Waals surface area contributed by atoms with Crippen molar-refractivity contribution in [1.82, 2.24) is 30.2 Å². The van der Waals surface area contributed by atoms with E-state index in [-0.39, 0.29) is 6.04 Å². The number of nitrogens with one attached hydrogen (secondary N) is 3. The van der Waals surface area contributed by atoms with Gasteiger partial charge in [-0.2, -0.15) is 0 Å². The van der Waals surface area contributed by atoms with Gasteiger partial charge < -0.3 is 25.1 Å². The summed E-state index contributed by atoms with van der Waals surface area (Å²) in [5.41, 5.74) is 9.65. The van der Waals surface area contributed by atoms with Crippen LogP contribution < -0.4 is 5.32 Å². The lowest BCUT2D eigenvalue weighted by Gasteiger charge is -2.30. The first-order valence-corrected chi connectivity index (χ1v) is 17.4. The number of aryl methyl sites for hydroxylation is 2. The van der Waals surface area contributed by atoms with Crippen LogP contribution in [0.25, 0.3) is 44.5 Å². The molecule has 3 aromatic carbocycles. The molecule has 252 valence electrons. The molecular formula is C39H42N6O4. The van der Waals surface area contributed by atoms with Crippen molar-refractivity contribution in [3.05, 3.63) is 83.6 Å². The molecule has 1 unspecified atom stereocenters. The summed E-state index contributed by atoms with van der Waals surface area (Å²) in [6.07, 6.45) is 5.76. The van der Waals surface area contributed by atoms with Gasteiger partial charge in [0.2, 0.25) is 0 Å². The molecule has 1 aliphatic heterocycles. The smallest absolute Gasteiger partial charge is 0.408 e. The van der Waals surface area contributed by atoms with Gasteiger partial charge in [0.15, 0.2) is 0 Å². The van der Waals surface area contributed by atoms with Crippen LogP contribution in [0.5, 0.6) is 0 Å². The Hall–Kier alpha value is -5.12. The number of nitrogens with zero attached hydrogens (tertiary/aromatic N) is 3. The molecule has 1 saturated heterocycles. The minimum Gasteiger partial charge on any atom is -0.465 e. The molecule has 2 amide bonds. The third kappa shape index (κ3) is 5.83. The summed E-state index contributed by atoms with van der Waals surface area (Å²) in [7, 11) is 0. The predicted octanol–water partition coefficient (Wildman–Crippen LogP) is 8.49. The van der Waals surface area contributed by atoms with Crippen molar-refractivity contribution in [2.45, 2.75) is 89.3 Å². The number of amides is 2. The number of fused-ring (bicyclic) bond motifs is 4. The first-order valence-electron chi connectivity index (χ1n) is 17.4. The summed E-state index contributed by atoms with van der Waals surface area (Å²) < 4.78 is 5.59. The number of carbonyl (C=O) groups excluding carboxylic acids is 1. The van der Waals surface area contributed by atoms with Gasteiger partial charge >= 0.3 is 12.2 Å². The zero-order chi connectivity index (χ0) is 33.9. The quantitative estimate of drug-likeness (QED) is 0.150. The van der Waals surface area contributed by atoms with Crippen LogP contribution in [-0.4, -0.2) is 54.3 Å². The number of imidazole rings is 2. The number of hydrogen-bond acceptors (Lipinski definition) is 5. The van der Waals surface area contributed by atoms with Crippen molar-refractivity contribution in [1.29, 1.82) is 0 Å². The van der Waals surface area contributed by atoms with Crippen molar-refractivity contribution in [2.75, 3.05) is 6.54 Å². The second-order valence-corrected chi connectivity index (χ2v) is 14.8. The summed E-state index contributed by atoms with van der Waals surface area (Å²) in [5, 5.41) is 12.8. The Morgan fingerprint density at radius 3 is 2.31 bits per heavy atom. The molecular weight excluding hydrogens is 616 g/mol. The molecule has 49 heavy (non-hydrogen) atoms. The number of likely N-dealkylation sites (tertiary alicyclic amines) is 1. The van der Waals surface area contributed by atoms with Crippen LogP contribution in [-0.2, 0) is 23.1 Å². The molecule has 3 aliphatic rings. The number of carbonyl (C=O) groups is 2. The number of hydrogen-bond donors (Lipinski definition) is 4. The predicted molar refractivity (Wildman–Crippen MR) is 188 cm³/mol. The van der Waals surface area contributed by atoms with E-state index in [1.54, 1.807) is 0 Å². The highest BCUT2D eigenvalue weighted by molar-refractivity contribution is 5.83. The second kappa shape index (κ2) is 11.8. The molecule has 1 saturated carbocycles. The minimum absolute atomic E-state index is 0.203. The highest BCUT2D eigenvalue weighted by Crippen LogP contribution is 2.40. The minimum atomic E-state index is -0.883. The molecule has 8 rings (SSSR count). The third-order valence-corrected chi connectivity index (χ3v) is 10.3. The van der Waals surface area contributed by atoms with Gasteiger partial charge in [-0.1, -0.05) is 61.4 Å². The lowest BCUT2D eigenvalue weighted by Crippen LogP contribution is -2.46. The highest BCUT2D eigenvalue weighted by Gasteiger charge is 2.41. The third-order valence-electron chi connectivity index (χ3n) is 10.3. The molecule has 5 aromatic rings. The molecule has 10 nitrogen and oxygen atoms in total. The number of ether oxygens (including phenoxy) is 1. The summed E-state index contributed by atoms with van der Waals surface area (Å²) in [6.45, 7) is 6.17. The van der Waals surface area contributed by atoms with Crippen LogP contribution in [0, 0.1) is 0 Å². The van der Waals surface area contributed by atoms with Gasteiger partial charge in [0.1, 0.15) is 22.8 Å². The molecule has 4 N–H and O–H groups in total. The Morgan fingerprint density at radius 1 is 0.898 bits per heavy atom. The summed E-state index contributed by atoms with van der Waals surface area (Å²) in [4.78, 5) is 42.8. The average molecular weight is 659 g/mol. The molecule has 0 radical (unpaired) electrons. The van der Waals surface area contributed by atoms with Crippen molar-refractivity contribution in [3.63, 3.8) is 0 Å². The van der Waals surface area contributed by atoms with E-state index < -0.39 is 23.3 Å². The van der Waals surface area contributed by atoms with Gasteiger partial charge in [-0.3, -0.25) is 4.90 Å². The Morgan fingerprint density at radius 2 is 1.59 bits per heavy atom. The topological polar surface area (TPSA) is 136 Å². The fourth-order valence-electron chi connectivity index (χ4n) is 7.92. The lowest BCUT2D eigenvalue weighted by molar-refractivity contribution is 0.0448. The van der Waals surface area contributed by atoms with Crippen molar-refractivity contribution >= 4 is 23.2 Å². The van der Waals surface area contributed by atoms with E-state index in [9.17, 15) is 14.7 Å². The van der Waals surface area contributed by atoms with E-state index in [0.29, 0.717) is 6.54 Å².